The average Bonchev–Trinajstić information content (AvgIpc) is 3.15. The van der Waals surface area contributed by atoms with Crippen LogP contribution in [0, 0.1) is 11.6 Å². The van der Waals surface area contributed by atoms with Crippen molar-refractivity contribution in [3.05, 3.63) is 59.7 Å². The van der Waals surface area contributed by atoms with Crippen molar-refractivity contribution in [3.63, 3.8) is 0 Å². The Kier molecular flexibility index (Phi) is 5.42. The van der Waals surface area contributed by atoms with Crippen molar-refractivity contribution in [3.8, 4) is 11.4 Å². The van der Waals surface area contributed by atoms with Gasteiger partial charge in [-0.3, -0.25) is 0 Å². The minimum absolute atomic E-state index is 0.123. The van der Waals surface area contributed by atoms with Gasteiger partial charge in [-0.25, -0.2) is 17.2 Å². The number of ether oxygens (including phenoxy) is 2. The van der Waals surface area contributed by atoms with Crippen LogP contribution >= 0.6 is 0 Å². The first kappa shape index (κ1) is 18.9. The molecule has 0 spiro atoms. The Labute approximate surface area is 153 Å². The Bertz CT molecular complexity index is 1020. The third-order valence-corrected chi connectivity index (χ3v) is 4.99. The number of methoxy groups -OCH3 is 1. The van der Waals surface area contributed by atoms with Crippen LogP contribution in [-0.2, 0) is 20.3 Å². The second-order valence-electron chi connectivity index (χ2n) is 5.38. The van der Waals surface area contributed by atoms with E-state index in [1.54, 1.807) is 30.3 Å². The lowest BCUT2D eigenvalue weighted by Gasteiger charge is -2.10. The van der Waals surface area contributed by atoms with Gasteiger partial charge in [0, 0.05) is 24.8 Å². The molecule has 3 aromatic rings. The fourth-order valence-electron chi connectivity index (χ4n) is 2.29. The van der Waals surface area contributed by atoms with Crippen molar-refractivity contribution < 1.29 is 26.7 Å². The highest BCUT2D eigenvalue weighted by atomic mass is 32.2. The van der Waals surface area contributed by atoms with E-state index in [2.05, 4.69) is 20.3 Å². The van der Waals surface area contributed by atoms with Gasteiger partial charge in [0.15, 0.2) is 6.79 Å². The SMILES string of the molecule is COCOc1cc(F)c(CS(=O)(=O)c2nnnn2-c2ccccc2)c(F)c1. The van der Waals surface area contributed by atoms with E-state index in [0.717, 1.165) is 16.8 Å². The molecule has 0 aliphatic heterocycles. The molecule has 0 N–H and O–H groups in total. The van der Waals surface area contributed by atoms with E-state index in [0.29, 0.717) is 5.69 Å². The molecule has 0 bridgehead atoms. The van der Waals surface area contributed by atoms with Crippen LogP contribution in [0.25, 0.3) is 5.69 Å². The lowest BCUT2D eigenvalue weighted by atomic mass is 10.2. The highest BCUT2D eigenvalue weighted by Gasteiger charge is 2.27. The number of aromatic nitrogens is 4. The number of halogens is 2. The maximum absolute atomic E-state index is 14.3. The quantitative estimate of drug-likeness (QED) is 0.563. The van der Waals surface area contributed by atoms with Crippen LogP contribution in [0.15, 0.2) is 47.6 Å². The van der Waals surface area contributed by atoms with Crippen molar-refractivity contribution in [2.45, 2.75) is 10.9 Å². The molecule has 8 nitrogen and oxygen atoms in total. The van der Waals surface area contributed by atoms with Crippen molar-refractivity contribution in [1.82, 2.24) is 20.2 Å². The molecule has 0 fully saturated rings. The first-order valence-corrected chi connectivity index (χ1v) is 9.24. The molecule has 1 aromatic heterocycles. The first-order valence-electron chi connectivity index (χ1n) is 7.58. The predicted molar refractivity (Wildman–Crippen MR) is 88.9 cm³/mol. The van der Waals surface area contributed by atoms with Crippen LogP contribution in [0.1, 0.15) is 5.56 Å². The molecule has 2 aromatic carbocycles. The fourth-order valence-corrected chi connectivity index (χ4v) is 3.64. The highest BCUT2D eigenvalue weighted by molar-refractivity contribution is 7.90. The minimum atomic E-state index is -4.24. The molecule has 0 unspecified atom stereocenters. The van der Waals surface area contributed by atoms with Crippen LogP contribution < -0.4 is 4.74 Å². The van der Waals surface area contributed by atoms with E-state index < -0.39 is 37.9 Å². The summed E-state index contributed by atoms with van der Waals surface area (Å²) in [6, 6.07) is 10.0. The maximum Gasteiger partial charge on any atom is 0.272 e. The third kappa shape index (κ3) is 4.09. The van der Waals surface area contributed by atoms with Crippen molar-refractivity contribution in [2.75, 3.05) is 13.9 Å². The predicted octanol–water partition coefficient (Wildman–Crippen LogP) is 1.90. The molecule has 0 radical (unpaired) electrons. The summed E-state index contributed by atoms with van der Waals surface area (Å²) < 4.78 is 64.4. The third-order valence-electron chi connectivity index (χ3n) is 3.51. The Morgan fingerprint density at radius 3 is 2.41 bits per heavy atom. The Balaban J connectivity index is 1.94. The Morgan fingerprint density at radius 1 is 1.11 bits per heavy atom. The molecular formula is C16H14F2N4O4S. The molecule has 0 saturated heterocycles. The van der Waals surface area contributed by atoms with Crippen LogP contribution in [0.2, 0.25) is 0 Å². The maximum atomic E-state index is 14.3. The van der Waals surface area contributed by atoms with E-state index >= 15 is 0 Å². The van der Waals surface area contributed by atoms with Gasteiger partial charge in [0.2, 0.25) is 9.84 Å². The lowest BCUT2D eigenvalue weighted by molar-refractivity contribution is 0.0506. The number of para-hydroxylation sites is 1. The van der Waals surface area contributed by atoms with Gasteiger partial charge in [-0.1, -0.05) is 23.3 Å². The summed E-state index contributed by atoms with van der Waals surface area (Å²) in [5.41, 5.74) is -0.243. The molecule has 0 amide bonds. The summed E-state index contributed by atoms with van der Waals surface area (Å²) in [4.78, 5) is 0. The van der Waals surface area contributed by atoms with Crippen LogP contribution in [0.3, 0.4) is 0 Å². The van der Waals surface area contributed by atoms with Gasteiger partial charge >= 0.3 is 0 Å². The summed E-state index contributed by atoms with van der Waals surface area (Å²) in [5, 5.41) is 9.99. The summed E-state index contributed by atoms with van der Waals surface area (Å²) in [5.74, 6) is -3.21. The van der Waals surface area contributed by atoms with Crippen LogP contribution in [0.5, 0.6) is 5.75 Å². The smallest absolute Gasteiger partial charge is 0.272 e. The van der Waals surface area contributed by atoms with E-state index in [1.165, 1.54) is 7.11 Å². The zero-order valence-corrected chi connectivity index (χ0v) is 14.9. The normalized spacial score (nSPS) is 11.5. The Morgan fingerprint density at radius 2 is 1.78 bits per heavy atom. The topological polar surface area (TPSA) is 96.2 Å². The van der Waals surface area contributed by atoms with Gasteiger partial charge < -0.3 is 9.47 Å². The van der Waals surface area contributed by atoms with Gasteiger partial charge in [0.25, 0.3) is 5.16 Å². The summed E-state index contributed by atoms with van der Waals surface area (Å²) in [7, 11) is -2.89. The van der Waals surface area contributed by atoms with Crippen molar-refractivity contribution >= 4 is 9.84 Å². The van der Waals surface area contributed by atoms with E-state index in [9.17, 15) is 17.2 Å². The van der Waals surface area contributed by atoms with Crippen LogP contribution in [0.4, 0.5) is 8.78 Å². The molecule has 0 aliphatic rings. The molecular weight excluding hydrogens is 382 g/mol. The summed E-state index contributed by atoms with van der Waals surface area (Å²) in [6.07, 6.45) is 0. The molecule has 0 atom stereocenters. The fraction of sp³-hybridized carbons (Fsp3) is 0.188. The molecule has 3 rings (SSSR count). The number of tetrazole rings is 1. The monoisotopic (exact) mass is 396 g/mol. The summed E-state index contributed by atoms with van der Waals surface area (Å²) >= 11 is 0. The average molecular weight is 396 g/mol. The molecule has 0 saturated carbocycles. The highest BCUT2D eigenvalue weighted by Crippen LogP contribution is 2.25. The zero-order chi connectivity index (χ0) is 19.4. The summed E-state index contributed by atoms with van der Waals surface area (Å²) in [6.45, 7) is -0.206. The van der Waals surface area contributed by atoms with E-state index in [-0.39, 0.29) is 12.5 Å². The first-order chi connectivity index (χ1) is 12.9. The number of nitrogens with zero attached hydrogens (tertiary/aromatic N) is 4. The van der Waals surface area contributed by atoms with Gasteiger partial charge in [0.05, 0.1) is 11.4 Å². The zero-order valence-electron chi connectivity index (χ0n) is 14.0. The van der Waals surface area contributed by atoms with Crippen molar-refractivity contribution in [2.24, 2.45) is 0 Å². The van der Waals surface area contributed by atoms with E-state index in [4.69, 9.17) is 4.74 Å². The molecule has 27 heavy (non-hydrogen) atoms. The number of sulfone groups is 1. The standard InChI is InChI=1S/C16H14F2N4O4S/c1-25-10-26-12-7-14(17)13(15(18)8-12)9-27(23,24)16-19-20-21-22(16)11-5-3-2-4-6-11/h2-8H,9-10H2,1H3. The van der Waals surface area contributed by atoms with Crippen LogP contribution in [-0.4, -0.2) is 42.5 Å². The second kappa shape index (κ2) is 7.76. The van der Waals surface area contributed by atoms with Gasteiger partial charge in [-0.15, -0.1) is 0 Å². The minimum Gasteiger partial charge on any atom is -0.467 e. The Hall–Kier alpha value is -2.92. The molecule has 1 heterocycles. The molecule has 0 aliphatic carbocycles. The number of rotatable bonds is 7. The molecule has 11 heteroatoms. The lowest BCUT2D eigenvalue weighted by Crippen LogP contribution is -2.15. The van der Waals surface area contributed by atoms with Crippen molar-refractivity contribution in [1.29, 1.82) is 0 Å². The number of hydrogen-bond acceptors (Lipinski definition) is 7. The van der Waals surface area contributed by atoms with Gasteiger partial charge in [-0.2, -0.15) is 4.68 Å². The largest absolute Gasteiger partial charge is 0.467 e. The van der Waals surface area contributed by atoms with Gasteiger partial charge in [-0.05, 0) is 22.6 Å². The molecule has 142 valence electrons. The second-order valence-corrected chi connectivity index (χ2v) is 7.27. The number of hydrogen-bond donors (Lipinski definition) is 0. The number of benzene rings is 2. The van der Waals surface area contributed by atoms with Gasteiger partial charge in [0.1, 0.15) is 17.4 Å². The van der Waals surface area contributed by atoms with E-state index in [1.807, 2.05) is 0 Å².